The molecule has 26 heavy (non-hydrogen) atoms. The molecule has 3 aromatic rings. The summed E-state index contributed by atoms with van der Waals surface area (Å²) >= 11 is 1.84. The van der Waals surface area contributed by atoms with E-state index in [2.05, 4.69) is 57.6 Å². The first-order chi connectivity index (χ1) is 12.7. The van der Waals surface area contributed by atoms with Crippen molar-refractivity contribution < 1.29 is 0 Å². The third kappa shape index (κ3) is 3.12. The van der Waals surface area contributed by atoms with Crippen LogP contribution in [0.25, 0.3) is 5.65 Å². The van der Waals surface area contributed by atoms with Crippen LogP contribution in [0.15, 0.2) is 24.5 Å². The van der Waals surface area contributed by atoms with Gasteiger partial charge in [0, 0.05) is 55.9 Å². The molecular formula is C20H25N5S. The molecule has 0 unspecified atom stereocenters. The maximum Gasteiger partial charge on any atom is 0.137 e. The Bertz CT molecular complexity index is 931. The lowest BCUT2D eigenvalue weighted by atomic mass is 10.2. The minimum Gasteiger partial charge on any atom is -0.368 e. The first-order valence-electron chi connectivity index (χ1n) is 9.54. The Labute approximate surface area is 158 Å². The summed E-state index contributed by atoms with van der Waals surface area (Å²) in [6.45, 7) is 9.62. The molecule has 1 aliphatic carbocycles. The van der Waals surface area contributed by atoms with Crippen molar-refractivity contribution in [3.63, 3.8) is 0 Å². The molecule has 0 radical (unpaired) electrons. The molecule has 0 bridgehead atoms. The van der Waals surface area contributed by atoms with E-state index in [1.54, 1.807) is 0 Å². The van der Waals surface area contributed by atoms with Gasteiger partial charge in [0.1, 0.15) is 5.65 Å². The number of anilines is 1. The highest BCUT2D eigenvalue weighted by Crippen LogP contribution is 2.39. The molecule has 5 nitrogen and oxygen atoms in total. The SMILES string of the molecule is Cc1nc(C)c(CN2CCN(c3ccc4nc(C5CC5)cn4c3)CC2)s1. The van der Waals surface area contributed by atoms with Crippen molar-refractivity contribution in [1.82, 2.24) is 19.3 Å². The van der Waals surface area contributed by atoms with Gasteiger partial charge in [0.05, 0.1) is 22.1 Å². The molecule has 1 saturated heterocycles. The van der Waals surface area contributed by atoms with Gasteiger partial charge in [-0.3, -0.25) is 4.90 Å². The molecular weight excluding hydrogens is 342 g/mol. The van der Waals surface area contributed by atoms with Gasteiger partial charge >= 0.3 is 0 Å². The van der Waals surface area contributed by atoms with E-state index in [0.717, 1.165) is 38.4 Å². The Morgan fingerprint density at radius 3 is 2.54 bits per heavy atom. The van der Waals surface area contributed by atoms with Gasteiger partial charge in [0.15, 0.2) is 0 Å². The monoisotopic (exact) mass is 367 g/mol. The summed E-state index contributed by atoms with van der Waals surface area (Å²) in [6.07, 6.45) is 7.08. The summed E-state index contributed by atoms with van der Waals surface area (Å²) in [5, 5.41) is 1.18. The van der Waals surface area contributed by atoms with Crippen LogP contribution in [0.5, 0.6) is 0 Å². The maximum atomic E-state index is 4.76. The van der Waals surface area contributed by atoms with E-state index >= 15 is 0 Å². The molecule has 0 amide bonds. The number of pyridine rings is 1. The second-order valence-corrected chi connectivity index (χ2v) is 8.89. The topological polar surface area (TPSA) is 36.7 Å². The van der Waals surface area contributed by atoms with E-state index < -0.39 is 0 Å². The van der Waals surface area contributed by atoms with Crippen molar-refractivity contribution in [2.75, 3.05) is 31.1 Å². The van der Waals surface area contributed by atoms with Gasteiger partial charge in [-0.05, 0) is 38.8 Å². The van der Waals surface area contributed by atoms with E-state index in [1.165, 1.54) is 39.8 Å². The van der Waals surface area contributed by atoms with Crippen molar-refractivity contribution in [3.05, 3.63) is 45.8 Å². The standard InChI is InChI=1S/C20H25N5S/c1-14-19(26-15(2)21-14)13-23-7-9-24(10-8-23)17-5-6-20-22-18(16-3-4-16)12-25(20)11-17/h5-6,11-12,16H,3-4,7-10,13H2,1-2H3. The van der Waals surface area contributed by atoms with E-state index in [1.807, 2.05) is 11.3 Å². The van der Waals surface area contributed by atoms with Crippen molar-refractivity contribution in [3.8, 4) is 0 Å². The lowest BCUT2D eigenvalue weighted by molar-refractivity contribution is 0.251. The number of rotatable bonds is 4. The zero-order chi connectivity index (χ0) is 17.7. The van der Waals surface area contributed by atoms with Crippen LogP contribution >= 0.6 is 11.3 Å². The molecule has 4 heterocycles. The summed E-state index contributed by atoms with van der Waals surface area (Å²) in [5.74, 6) is 0.709. The minimum atomic E-state index is 0.709. The molecule has 5 rings (SSSR count). The van der Waals surface area contributed by atoms with Gasteiger partial charge in [-0.1, -0.05) is 0 Å². The summed E-state index contributed by atoms with van der Waals surface area (Å²) in [5.41, 5.74) is 4.85. The minimum absolute atomic E-state index is 0.709. The number of fused-ring (bicyclic) bond motifs is 1. The Balaban J connectivity index is 1.26. The van der Waals surface area contributed by atoms with Crippen LogP contribution in [-0.2, 0) is 6.54 Å². The molecule has 1 saturated carbocycles. The molecule has 136 valence electrons. The first kappa shape index (κ1) is 16.3. The number of hydrogen-bond acceptors (Lipinski definition) is 5. The van der Waals surface area contributed by atoms with Gasteiger partial charge in [0.25, 0.3) is 0 Å². The van der Waals surface area contributed by atoms with Crippen LogP contribution in [0, 0.1) is 13.8 Å². The quantitative estimate of drug-likeness (QED) is 0.706. The number of thiazole rings is 1. The van der Waals surface area contributed by atoms with Crippen molar-refractivity contribution in [1.29, 1.82) is 0 Å². The largest absolute Gasteiger partial charge is 0.368 e. The normalized spacial score (nSPS) is 18.8. The molecule has 1 aliphatic heterocycles. The molecule has 0 N–H and O–H groups in total. The fraction of sp³-hybridized carbons (Fsp3) is 0.500. The van der Waals surface area contributed by atoms with E-state index in [0.29, 0.717) is 5.92 Å². The van der Waals surface area contributed by atoms with Crippen LogP contribution < -0.4 is 4.90 Å². The van der Waals surface area contributed by atoms with Crippen LogP contribution in [0.1, 0.15) is 40.0 Å². The van der Waals surface area contributed by atoms with E-state index in [4.69, 9.17) is 4.98 Å². The summed E-state index contributed by atoms with van der Waals surface area (Å²) in [7, 11) is 0. The smallest absolute Gasteiger partial charge is 0.137 e. The average Bonchev–Trinajstić information content (AvgIpc) is 3.32. The fourth-order valence-corrected chi connectivity index (χ4v) is 4.83. The number of aryl methyl sites for hydroxylation is 2. The summed E-state index contributed by atoms with van der Waals surface area (Å²) in [6, 6.07) is 4.39. The number of imidazole rings is 1. The number of piperazine rings is 1. The third-order valence-electron chi connectivity index (χ3n) is 5.55. The van der Waals surface area contributed by atoms with Crippen molar-refractivity contribution in [2.45, 2.75) is 39.2 Å². The van der Waals surface area contributed by atoms with E-state index in [9.17, 15) is 0 Å². The second-order valence-electron chi connectivity index (χ2n) is 7.60. The molecule has 0 aromatic carbocycles. The molecule has 0 atom stereocenters. The highest BCUT2D eigenvalue weighted by atomic mass is 32.1. The van der Waals surface area contributed by atoms with Crippen molar-refractivity contribution >= 4 is 22.7 Å². The van der Waals surface area contributed by atoms with Gasteiger partial charge in [-0.2, -0.15) is 0 Å². The zero-order valence-electron chi connectivity index (χ0n) is 15.5. The maximum absolute atomic E-state index is 4.76. The Kier molecular flexibility index (Phi) is 3.98. The summed E-state index contributed by atoms with van der Waals surface area (Å²) < 4.78 is 2.21. The lowest BCUT2D eigenvalue weighted by Gasteiger charge is -2.35. The van der Waals surface area contributed by atoms with Gasteiger partial charge in [-0.15, -0.1) is 11.3 Å². The molecule has 2 aliphatic rings. The number of hydrogen-bond donors (Lipinski definition) is 0. The lowest BCUT2D eigenvalue weighted by Crippen LogP contribution is -2.46. The van der Waals surface area contributed by atoms with Crippen LogP contribution in [0.4, 0.5) is 5.69 Å². The highest BCUT2D eigenvalue weighted by Gasteiger charge is 2.26. The first-order valence-corrected chi connectivity index (χ1v) is 10.4. The molecule has 2 fully saturated rings. The van der Waals surface area contributed by atoms with Crippen LogP contribution in [0.2, 0.25) is 0 Å². The van der Waals surface area contributed by atoms with Gasteiger partial charge < -0.3 is 9.30 Å². The fourth-order valence-electron chi connectivity index (χ4n) is 3.85. The Morgan fingerprint density at radius 1 is 1.04 bits per heavy atom. The number of aromatic nitrogens is 3. The van der Waals surface area contributed by atoms with Crippen LogP contribution in [0.3, 0.4) is 0 Å². The molecule has 3 aromatic heterocycles. The Hall–Kier alpha value is -1.92. The predicted molar refractivity (Wildman–Crippen MR) is 106 cm³/mol. The van der Waals surface area contributed by atoms with Gasteiger partial charge in [0.2, 0.25) is 0 Å². The molecule has 6 heteroatoms. The predicted octanol–water partition coefficient (Wildman–Crippen LogP) is 3.61. The average molecular weight is 368 g/mol. The number of nitrogens with zero attached hydrogens (tertiary/aromatic N) is 5. The van der Waals surface area contributed by atoms with Crippen LogP contribution in [-0.4, -0.2) is 45.4 Å². The highest BCUT2D eigenvalue weighted by molar-refractivity contribution is 7.11. The zero-order valence-corrected chi connectivity index (χ0v) is 16.3. The third-order valence-corrected chi connectivity index (χ3v) is 6.61. The van der Waals surface area contributed by atoms with Gasteiger partial charge in [-0.25, -0.2) is 9.97 Å². The second kappa shape index (κ2) is 6.35. The summed E-state index contributed by atoms with van der Waals surface area (Å²) in [4.78, 5) is 15.8. The Morgan fingerprint density at radius 2 is 1.85 bits per heavy atom. The molecule has 0 spiro atoms. The van der Waals surface area contributed by atoms with Crippen molar-refractivity contribution in [2.24, 2.45) is 0 Å². The van der Waals surface area contributed by atoms with E-state index in [-0.39, 0.29) is 0 Å².